The number of aromatic nitrogens is 3. The number of benzene rings is 1. The number of nitrogens with one attached hydrogen (secondary N) is 2. The van der Waals surface area contributed by atoms with E-state index in [0.717, 1.165) is 37.7 Å². The third kappa shape index (κ3) is 3.16. The maximum Gasteiger partial charge on any atom is 0.221 e. The average molecular weight is 366 g/mol. The van der Waals surface area contributed by atoms with Crippen molar-refractivity contribution >= 4 is 5.91 Å². The molecule has 142 valence electrons. The highest BCUT2D eigenvalue weighted by Crippen LogP contribution is 2.62. The molecule has 2 aromatic rings. The molecule has 1 aromatic carbocycles. The fourth-order valence-corrected chi connectivity index (χ4v) is 6.47. The van der Waals surface area contributed by atoms with Crippen molar-refractivity contribution in [3.05, 3.63) is 48.0 Å². The Hall–Kier alpha value is -2.21. The zero-order valence-electron chi connectivity index (χ0n) is 15.4. The Balaban J connectivity index is 1.35. The van der Waals surface area contributed by atoms with Gasteiger partial charge in [0.15, 0.2) is 5.82 Å². The summed E-state index contributed by atoms with van der Waals surface area (Å²) in [6, 6.07) is 9.51. The van der Waals surface area contributed by atoms with Gasteiger partial charge in [-0.15, -0.1) is 0 Å². The standard InChI is InChI=1S/C21H26N4O2/c26-17(11-20-7-14-6-15(8-20)10-21(27,9-14)12-20)24-18(19-22-13-23-25-19)16-4-2-1-3-5-16/h1-5,13-15,18,27H,6-12H2,(H,24,26)(H,22,23,25). The Bertz CT molecular complexity index is 806. The van der Waals surface area contributed by atoms with Gasteiger partial charge >= 0.3 is 0 Å². The molecule has 0 spiro atoms. The molecular weight excluding hydrogens is 340 g/mol. The SMILES string of the molecule is O=C(CC12CC3CC(CC(O)(C3)C1)C2)NC(c1ccccc1)c1ncn[nH]1. The van der Waals surface area contributed by atoms with Gasteiger partial charge in [0.1, 0.15) is 12.4 Å². The summed E-state index contributed by atoms with van der Waals surface area (Å²) in [4.78, 5) is 17.3. The van der Waals surface area contributed by atoms with E-state index < -0.39 is 5.60 Å². The zero-order chi connectivity index (χ0) is 18.5. The molecule has 3 unspecified atom stereocenters. The second-order valence-electron chi connectivity index (χ2n) is 9.14. The van der Waals surface area contributed by atoms with Gasteiger partial charge in [-0.3, -0.25) is 9.89 Å². The van der Waals surface area contributed by atoms with E-state index in [0.29, 0.717) is 24.1 Å². The van der Waals surface area contributed by atoms with Gasteiger partial charge in [-0.2, -0.15) is 5.10 Å². The maximum atomic E-state index is 13.1. The zero-order valence-corrected chi connectivity index (χ0v) is 15.4. The second kappa shape index (κ2) is 6.16. The minimum atomic E-state index is -0.534. The lowest BCUT2D eigenvalue weighted by atomic mass is 9.47. The van der Waals surface area contributed by atoms with Gasteiger partial charge in [0.2, 0.25) is 5.91 Å². The van der Waals surface area contributed by atoms with Gasteiger partial charge < -0.3 is 10.4 Å². The van der Waals surface area contributed by atoms with Crippen molar-refractivity contribution in [2.24, 2.45) is 17.3 Å². The quantitative estimate of drug-likeness (QED) is 0.759. The van der Waals surface area contributed by atoms with E-state index in [9.17, 15) is 9.90 Å². The first-order valence-corrected chi connectivity index (χ1v) is 9.95. The third-order valence-electron chi connectivity index (χ3n) is 6.83. The van der Waals surface area contributed by atoms with Crippen LogP contribution in [0.3, 0.4) is 0 Å². The number of carbonyl (C=O) groups excluding carboxylic acids is 1. The minimum Gasteiger partial charge on any atom is -0.390 e. The fraction of sp³-hybridized carbons (Fsp3) is 0.571. The molecule has 4 aliphatic rings. The summed E-state index contributed by atoms with van der Waals surface area (Å²) in [5.74, 6) is 1.84. The molecule has 27 heavy (non-hydrogen) atoms. The first-order valence-electron chi connectivity index (χ1n) is 9.95. The van der Waals surface area contributed by atoms with Crippen LogP contribution >= 0.6 is 0 Å². The van der Waals surface area contributed by atoms with Crippen LogP contribution in [0.5, 0.6) is 0 Å². The van der Waals surface area contributed by atoms with Gasteiger partial charge in [0.25, 0.3) is 0 Å². The first kappa shape index (κ1) is 16.9. The number of aliphatic hydroxyl groups is 1. The molecule has 6 heteroatoms. The van der Waals surface area contributed by atoms with E-state index in [1.54, 1.807) is 0 Å². The van der Waals surface area contributed by atoms with Crippen molar-refractivity contribution in [2.75, 3.05) is 0 Å². The number of hydrogen-bond donors (Lipinski definition) is 3. The predicted octanol–water partition coefficient (Wildman–Crippen LogP) is 2.73. The van der Waals surface area contributed by atoms with Crippen LogP contribution in [0, 0.1) is 17.3 Å². The van der Waals surface area contributed by atoms with Crippen molar-refractivity contribution in [3.63, 3.8) is 0 Å². The number of hydrogen-bond acceptors (Lipinski definition) is 4. The highest BCUT2D eigenvalue weighted by molar-refractivity contribution is 5.77. The van der Waals surface area contributed by atoms with E-state index >= 15 is 0 Å². The molecule has 3 N–H and O–H groups in total. The Morgan fingerprint density at radius 2 is 1.96 bits per heavy atom. The Kier molecular flexibility index (Phi) is 3.86. The van der Waals surface area contributed by atoms with E-state index in [1.165, 1.54) is 12.7 Å². The van der Waals surface area contributed by atoms with Crippen molar-refractivity contribution < 1.29 is 9.90 Å². The largest absolute Gasteiger partial charge is 0.390 e. The van der Waals surface area contributed by atoms with Gasteiger partial charge in [-0.05, 0) is 61.3 Å². The van der Waals surface area contributed by atoms with E-state index in [2.05, 4.69) is 20.5 Å². The van der Waals surface area contributed by atoms with Crippen LogP contribution in [-0.4, -0.2) is 31.8 Å². The van der Waals surface area contributed by atoms with Gasteiger partial charge in [-0.25, -0.2) is 4.98 Å². The molecule has 1 heterocycles. The molecule has 4 saturated carbocycles. The van der Waals surface area contributed by atoms with Crippen LogP contribution in [0.2, 0.25) is 0 Å². The minimum absolute atomic E-state index is 0.0332. The van der Waals surface area contributed by atoms with Gasteiger partial charge in [0, 0.05) is 6.42 Å². The molecule has 0 aliphatic heterocycles. The molecular formula is C21H26N4O2. The number of carbonyl (C=O) groups is 1. The molecule has 4 fully saturated rings. The van der Waals surface area contributed by atoms with Gasteiger partial charge in [0.05, 0.1) is 5.60 Å². The second-order valence-corrected chi connectivity index (χ2v) is 9.14. The average Bonchev–Trinajstić information content (AvgIpc) is 3.12. The van der Waals surface area contributed by atoms with Crippen LogP contribution < -0.4 is 5.32 Å². The molecule has 1 amide bonds. The number of amides is 1. The molecule has 6 rings (SSSR count). The molecule has 4 aliphatic carbocycles. The lowest BCUT2D eigenvalue weighted by Gasteiger charge is -2.60. The van der Waals surface area contributed by atoms with Crippen LogP contribution in [0.25, 0.3) is 0 Å². The van der Waals surface area contributed by atoms with Crippen LogP contribution in [0.1, 0.15) is 62.4 Å². The lowest BCUT2D eigenvalue weighted by Crippen LogP contribution is -2.56. The predicted molar refractivity (Wildman–Crippen MR) is 99.5 cm³/mol. The molecule has 3 atom stereocenters. The smallest absolute Gasteiger partial charge is 0.221 e. The van der Waals surface area contributed by atoms with E-state index in [1.807, 2.05) is 30.3 Å². The van der Waals surface area contributed by atoms with Crippen molar-refractivity contribution in [1.29, 1.82) is 0 Å². The normalized spacial score (nSPS) is 35.1. The third-order valence-corrected chi connectivity index (χ3v) is 6.83. The van der Waals surface area contributed by atoms with E-state index in [-0.39, 0.29) is 17.4 Å². The summed E-state index contributed by atoms with van der Waals surface area (Å²) in [6.45, 7) is 0. The summed E-state index contributed by atoms with van der Waals surface area (Å²) >= 11 is 0. The van der Waals surface area contributed by atoms with Crippen molar-refractivity contribution in [3.8, 4) is 0 Å². The summed E-state index contributed by atoms with van der Waals surface area (Å²) in [6.07, 6.45) is 7.98. The summed E-state index contributed by atoms with van der Waals surface area (Å²) in [5, 5.41) is 20.9. The summed E-state index contributed by atoms with van der Waals surface area (Å²) in [7, 11) is 0. The number of H-pyrrole nitrogens is 1. The van der Waals surface area contributed by atoms with E-state index in [4.69, 9.17) is 0 Å². The number of aromatic amines is 1. The molecule has 6 nitrogen and oxygen atoms in total. The monoisotopic (exact) mass is 366 g/mol. The number of nitrogens with zero attached hydrogens (tertiary/aromatic N) is 2. The molecule has 0 saturated heterocycles. The van der Waals surface area contributed by atoms with Gasteiger partial charge in [-0.1, -0.05) is 30.3 Å². The maximum absolute atomic E-state index is 13.1. The molecule has 1 aromatic heterocycles. The Morgan fingerprint density at radius 3 is 2.59 bits per heavy atom. The van der Waals surface area contributed by atoms with Crippen molar-refractivity contribution in [1.82, 2.24) is 20.5 Å². The van der Waals surface area contributed by atoms with Crippen molar-refractivity contribution in [2.45, 2.75) is 56.6 Å². The topological polar surface area (TPSA) is 90.9 Å². The lowest BCUT2D eigenvalue weighted by molar-refractivity contribution is -0.169. The highest BCUT2D eigenvalue weighted by Gasteiger charge is 2.57. The van der Waals surface area contributed by atoms with Crippen LogP contribution in [-0.2, 0) is 4.79 Å². The molecule has 4 bridgehead atoms. The number of rotatable bonds is 5. The van der Waals surface area contributed by atoms with Crippen LogP contribution in [0.15, 0.2) is 36.7 Å². The highest BCUT2D eigenvalue weighted by atomic mass is 16.3. The first-order chi connectivity index (χ1) is 13.0. The Morgan fingerprint density at radius 1 is 1.22 bits per heavy atom. The summed E-state index contributed by atoms with van der Waals surface area (Å²) < 4.78 is 0. The summed E-state index contributed by atoms with van der Waals surface area (Å²) in [5.41, 5.74) is 0.409. The molecule has 0 radical (unpaired) electrons. The fourth-order valence-electron chi connectivity index (χ4n) is 6.47. The Labute approximate surface area is 158 Å². The van der Waals surface area contributed by atoms with Crippen LogP contribution in [0.4, 0.5) is 0 Å².